The first kappa shape index (κ1) is 25.7. The highest BCUT2D eigenvalue weighted by molar-refractivity contribution is 7.90. The van der Waals surface area contributed by atoms with Crippen LogP contribution in [0.3, 0.4) is 0 Å². The normalized spacial score (nSPS) is 16.0. The Bertz CT molecular complexity index is 1090. The van der Waals surface area contributed by atoms with Crippen molar-refractivity contribution in [3.8, 4) is 0 Å². The zero-order valence-electron chi connectivity index (χ0n) is 19.7. The molecular formula is C24H35N3O4S2. The SMILES string of the molecule is CC(C)CN(Cc1ccc(N2CCN(CS(C)(=O)=O)CC2)cc1)S(=O)(=O)Cc1ccccc1. The van der Waals surface area contributed by atoms with Gasteiger partial charge in [0, 0.05) is 51.2 Å². The lowest BCUT2D eigenvalue weighted by atomic mass is 10.1. The Morgan fingerprint density at radius 2 is 1.45 bits per heavy atom. The van der Waals surface area contributed by atoms with Gasteiger partial charge in [0.15, 0.2) is 9.84 Å². The Kier molecular flexibility index (Phi) is 8.55. The molecule has 0 unspecified atom stereocenters. The fraction of sp³-hybridized carbons (Fsp3) is 0.500. The van der Waals surface area contributed by atoms with Gasteiger partial charge < -0.3 is 4.90 Å². The zero-order valence-corrected chi connectivity index (χ0v) is 21.4. The van der Waals surface area contributed by atoms with E-state index in [9.17, 15) is 16.8 Å². The molecule has 0 radical (unpaired) electrons. The first-order chi connectivity index (χ1) is 15.5. The first-order valence-electron chi connectivity index (χ1n) is 11.3. The minimum Gasteiger partial charge on any atom is -0.369 e. The van der Waals surface area contributed by atoms with Gasteiger partial charge in [0.05, 0.1) is 5.75 Å². The second-order valence-corrected chi connectivity index (χ2v) is 13.3. The van der Waals surface area contributed by atoms with Gasteiger partial charge in [-0.05, 0) is 29.2 Å². The van der Waals surface area contributed by atoms with Gasteiger partial charge in [-0.15, -0.1) is 0 Å². The summed E-state index contributed by atoms with van der Waals surface area (Å²) in [6, 6.07) is 17.3. The van der Waals surface area contributed by atoms with Gasteiger partial charge in [0.2, 0.25) is 10.0 Å². The molecule has 0 amide bonds. The number of piperazine rings is 1. The van der Waals surface area contributed by atoms with Gasteiger partial charge in [0.25, 0.3) is 0 Å². The summed E-state index contributed by atoms with van der Waals surface area (Å²) in [6.45, 7) is 7.80. The Labute approximate surface area is 199 Å². The summed E-state index contributed by atoms with van der Waals surface area (Å²) < 4.78 is 50.9. The number of benzene rings is 2. The molecule has 1 heterocycles. The molecular weight excluding hydrogens is 458 g/mol. The lowest BCUT2D eigenvalue weighted by molar-refractivity contribution is 0.294. The van der Waals surface area contributed by atoms with Gasteiger partial charge in [-0.2, -0.15) is 4.31 Å². The third-order valence-corrected chi connectivity index (χ3v) is 8.20. The molecule has 0 spiro atoms. The van der Waals surface area contributed by atoms with E-state index in [1.807, 2.05) is 73.3 Å². The number of hydrogen-bond donors (Lipinski definition) is 0. The van der Waals surface area contributed by atoms with Crippen molar-refractivity contribution in [1.29, 1.82) is 0 Å². The zero-order chi connectivity index (χ0) is 24.1. The summed E-state index contributed by atoms with van der Waals surface area (Å²) in [5, 5.41) is 0. The van der Waals surface area contributed by atoms with Crippen LogP contribution in [0.4, 0.5) is 5.69 Å². The predicted octanol–water partition coefficient (Wildman–Crippen LogP) is 2.80. The molecule has 0 atom stereocenters. The summed E-state index contributed by atoms with van der Waals surface area (Å²) in [6.07, 6.45) is 1.26. The molecule has 1 aliphatic rings. The summed E-state index contributed by atoms with van der Waals surface area (Å²) in [5.41, 5.74) is 2.81. The van der Waals surface area contributed by atoms with E-state index in [4.69, 9.17) is 0 Å². The molecule has 3 rings (SSSR count). The highest BCUT2D eigenvalue weighted by Crippen LogP contribution is 2.21. The number of hydrogen-bond acceptors (Lipinski definition) is 6. The van der Waals surface area contributed by atoms with Gasteiger partial charge in [-0.1, -0.05) is 56.3 Å². The van der Waals surface area contributed by atoms with Crippen molar-refractivity contribution in [1.82, 2.24) is 9.21 Å². The molecule has 33 heavy (non-hydrogen) atoms. The molecule has 1 fully saturated rings. The lowest BCUT2D eigenvalue weighted by Gasteiger charge is -2.35. The van der Waals surface area contributed by atoms with Crippen molar-refractivity contribution in [3.63, 3.8) is 0 Å². The molecule has 9 heteroatoms. The third kappa shape index (κ3) is 8.10. The number of nitrogens with zero attached hydrogens (tertiary/aromatic N) is 3. The monoisotopic (exact) mass is 493 g/mol. The van der Waals surface area contributed by atoms with Gasteiger partial charge in [-0.3, -0.25) is 4.90 Å². The van der Waals surface area contributed by atoms with Crippen molar-refractivity contribution < 1.29 is 16.8 Å². The second-order valence-electron chi connectivity index (χ2n) is 9.25. The summed E-state index contributed by atoms with van der Waals surface area (Å²) >= 11 is 0. The predicted molar refractivity (Wildman–Crippen MR) is 134 cm³/mol. The third-order valence-electron chi connectivity index (χ3n) is 5.60. The molecule has 2 aromatic carbocycles. The minimum atomic E-state index is -3.45. The van der Waals surface area contributed by atoms with E-state index in [2.05, 4.69) is 4.90 Å². The Hall–Kier alpha value is -1.94. The Balaban J connectivity index is 1.65. The first-order valence-corrected chi connectivity index (χ1v) is 14.9. The van der Waals surface area contributed by atoms with E-state index in [1.165, 1.54) is 6.26 Å². The van der Waals surface area contributed by atoms with Crippen molar-refractivity contribution in [3.05, 3.63) is 65.7 Å². The van der Waals surface area contributed by atoms with Crippen LogP contribution in [0.5, 0.6) is 0 Å². The Morgan fingerprint density at radius 3 is 2.00 bits per heavy atom. The smallest absolute Gasteiger partial charge is 0.218 e. The minimum absolute atomic E-state index is 0.00357. The molecule has 182 valence electrons. The molecule has 0 bridgehead atoms. The highest BCUT2D eigenvalue weighted by atomic mass is 32.2. The van der Waals surface area contributed by atoms with Crippen molar-refractivity contribution in [2.75, 3.05) is 49.8 Å². The maximum atomic E-state index is 13.2. The van der Waals surface area contributed by atoms with Gasteiger partial charge in [-0.25, -0.2) is 16.8 Å². The molecule has 7 nitrogen and oxygen atoms in total. The van der Waals surface area contributed by atoms with Crippen molar-refractivity contribution >= 4 is 25.5 Å². The lowest BCUT2D eigenvalue weighted by Crippen LogP contribution is -2.47. The van der Waals surface area contributed by atoms with Crippen LogP contribution in [0.2, 0.25) is 0 Å². The molecule has 2 aromatic rings. The fourth-order valence-electron chi connectivity index (χ4n) is 4.04. The fourth-order valence-corrected chi connectivity index (χ4v) is 6.63. The maximum Gasteiger partial charge on any atom is 0.218 e. The van der Waals surface area contributed by atoms with Crippen LogP contribution in [0.25, 0.3) is 0 Å². The molecule has 1 aliphatic heterocycles. The van der Waals surface area contributed by atoms with Crippen LogP contribution in [-0.2, 0) is 32.2 Å². The average Bonchev–Trinajstić information content (AvgIpc) is 2.73. The quantitative estimate of drug-likeness (QED) is 0.507. The average molecular weight is 494 g/mol. The standard InChI is InChI=1S/C24H35N3O4S2/c1-21(2)17-27(33(30,31)19-23-7-5-4-6-8-23)18-22-9-11-24(12-10-22)26-15-13-25(14-16-26)20-32(3,28)29/h4-12,21H,13-20H2,1-3H3. The van der Waals surface area contributed by atoms with Gasteiger partial charge >= 0.3 is 0 Å². The van der Waals surface area contributed by atoms with E-state index < -0.39 is 19.9 Å². The second kappa shape index (κ2) is 11.0. The topological polar surface area (TPSA) is 78.0 Å². The summed E-state index contributed by atoms with van der Waals surface area (Å²) in [7, 11) is -6.46. The van der Waals surface area contributed by atoms with E-state index in [0.29, 0.717) is 26.2 Å². The van der Waals surface area contributed by atoms with Crippen LogP contribution in [0.1, 0.15) is 25.0 Å². The molecule has 0 aliphatic carbocycles. The van der Waals surface area contributed by atoms with Crippen LogP contribution in [0, 0.1) is 5.92 Å². The van der Waals surface area contributed by atoms with Crippen molar-refractivity contribution in [2.24, 2.45) is 5.92 Å². The number of rotatable bonds is 10. The largest absolute Gasteiger partial charge is 0.369 e. The van der Waals surface area contributed by atoms with Crippen LogP contribution >= 0.6 is 0 Å². The van der Waals surface area contributed by atoms with Gasteiger partial charge in [0.1, 0.15) is 5.88 Å². The summed E-state index contributed by atoms with van der Waals surface area (Å²) in [5.74, 6) is 0.317. The van der Waals surface area contributed by atoms with Crippen LogP contribution in [0.15, 0.2) is 54.6 Å². The molecule has 0 saturated carbocycles. The van der Waals surface area contributed by atoms with E-state index in [0.717, 1.165) is 29.9 Å². The van der Waals surface area contributed by atoms with Crippen LogP contribution in [-0.4, -0.2) is 70.9 Å². The van der Waals surface area contributed by atoms with Crippen LogP contribution < -0.4 is 4.90 Å². The molecule has 0 aromatic heterocycles. The van der Waals surface area contributed by atoms with E-state index in [1.54, 1.807) is 4.31 Å². The number of sulfonamides is 1. The molecule has 1 saturated heterocycles. The Morgan fingerprint density at radius 1 is 0.848 bits per heavy atom. The number of anilines is 1. The van der Waals surface area contributed by atoms with E-state index >= 15 is 0 Å². The number of sulfone groups is 1. The van der Waals surface area contributed by atoms with E-state index in [-0.39, 0.29) is 17.5 Å². The van der Waals surface area contributed by atoms with Crippen molar-refractivity contribution in [2.45, 2.75) is 26.1 Å². The summed E-state index contributed by atoms with van der Waals surface area (Å²) in [4.78, 5) is 4.20. The highest BCUT2D eigenvalue weighted by Gasteiger charge is 2.24. The molecule has 0 N–H and O–H groups in total. The maximum absolute atomic E-state index is 13.2.